The Bertz CT molecular complexity index is 570. The van der Waals surface area contributed by atoms with Crippen molar-refractivity contribution < 1.29 is 4.79 Å². The zero-order chi connectivity index (χ0) is 15.2. The average molecular weight is 351 g/mol. The van der Waals surface area contributed by atoms with E-state index < -0.39 is 0 Å². The van der Waals surface area contributed by atoms with Crippen molar-refractivity contribution >= 4 is 27.6 Å². The van der Waals surface area contributed by atoms with Gasteiger partial charge in [0.05, 0.1) is 0 Å². The van der Waals surface area contributed by atoms with E-state index in [1.807, 2.05) is 13.1 Å². The summed E-state index contributed by atoms with van der Waals surface area (Å²) in [6, 6.07) is 6.42. The smallest absolute Gasteiger partial charge is 0.321 e. The van der Waals surface area contributed by atoms with Gasteiger partial charge in [0.1, 0.15) is 0 Å². The fourth-order valence-electron chi connectivity index (χ4n) is 3.70. The number of amides is 2. The zero-order valence-electron chi connectivity index (χ0n) is 12.9. The first kappa shape index (κ1) is 14.9. The molecule has 1 aromatic carbocycles. The molecule has 2 atom stereocenters. The second-order valence-corrected chi connectivity index (χ2v) is 8.08. The van der Waals surface area contributed by atoms with E-state index in [0.717, 1.165) is 5.69 Å². The molecule has 3 nitrogen and oxygen atoms in total. The lowest BCUT2D eigenvalue weighted by Gasteiger charge is -2.32. The predicted molar refractivity (Wildman–Crippen MR) is 89.7 cm³/mol. The van der Waals surface area contributed by atoms with Gasteiger partial charge in [-0.05, 0) is 41.4 Å². The molecular weight excluding hydrogens is 328 g/mol. The Hall–Kier alpha value is -1.03. The molecule has 1 aliphatic carbocycles. The SMILES string of the molecule is CN1Cc2cc(C(Br)C3CCCC3(C)C)ccc2NC1=O. The molecule has 0 radical (unpaired) electrons. The van der Waals surface area contributed by atoms with E-state index in [2.05, 4.69) is 47.2 Å². The second-order valence-electron chi connectivity index (χ2n) is 7.09. The van der Waals surface area contributed by atoms with Crippen LogP contribution in [0.1, 0.15) is 49.1 Å². The van der Waals surface area contributed by atoms with Crippen LogP contribution in [0.4, 0.5) is 10.5 Å². The normalized spacial score (nSPS) is 25.4. The van der Waals surface area contributed by atoms with E-state index in [-0.39, 0.29) is 6.03 Å². The third kappa shape index (κ3) is 2.70. The Morgan fingerprint density at radius 3 is 2.86 bits per heavy atom. The van der Waals surface area contributed by atoms with Crippen molar-refractivity contribution in [3.05, 3.63) is 29.3 Å². The zero-order valence-corrected chi connectivity index (χ0v) is 14.5. The molecular formula is C17H23BrN2O. The first-order valence-corrected chi connectivity index (χ1v) is 8.59. The van der Waals surface area contributed by atoms with Crippen LogP contribution in [0.5, 0.6) is 0 Å². The van der Waals surface area contributed by atoms with Gasteiger partial charge in [-0.2, -0.15) is 0 Å². The summed E-state index contributed by atoms with van der Waals surface area (Å²) in [6.07, 6.45) is 3.92. The summed E-state index contributed by atoms with van der Waals surface area (Å²) in [5, 5.41) is 2.93. The van der Waals surface area contributed by atoms with E-state index in [1.54, 1.807) is 4.90 Å². The van der Waals surface area contributed by atoms with Crippen LogP contribution in [0.2, 0.25) is 0 Å². The lowest BCUT2D eigenvalue weighted by atomic mass is 9.78. The number of nitrogens with one attached hydrogen (secondary N) is 1. The van der Waals surface area contributed by atoms with E-state index in [9.17, 15) is 4.79 Å². The van der Waals surface area contributed by atoms with Gasteiger partial charge < -0.3 is 10.2 Å². The minimum atomic E-state index is -0.0254. The van der Waals surface area contributed by atoms with Gasteiger partial charge in [0.2, 0.25) is 0 Å². The highest BCUT2D eigenvalue weighted by Crippen LogP contribution is 2.52. The number of urea groups is 1. The highest BCUT2D eigenvalue weighted by Gasteiger charge is 2.39. The van der Waals surface area contributed by atoms with Crippen molar-refractivity contribution in [3.63, 3.8) is 0 Å². The maximum Gasteiger partial charge on any atom is 0.321 e. The van der Waals surface area contributed by atoms with Crippen molar-refractivity contribution in [1.29, 1.82) is 0 Å². The highest BCUT2D eigenvalue weighted by atomic mass is 79.9. The van der Waals surface area contributed by atoms with Crippen LogP contribution in [0, 0.1) is 11.3 Å². The Morgan fingerprint density at radius 1 is 1.43 bits per heavy atom. The number of alkyl halides is 1. The molecule has 1 aromatic rings. The van der Waals surface area contributed by atoms with E-state index in [4.69, 9.17) is 0 Å². The molecule has 2 amide bonds. The topological polar surface area (TPSA) is 32.3 Å². The van der Waals surface area contributed by atoms with Gasteiger partial charge in [-0.15, -0.1) is 0 Å². The van der Waals surface area contributed by atoms with Crippen LogP contribution in [-0.4, -0.2) is 18.0 Å². The van der Waals surface area contributed by atoms with Crippen LogP contribution in [0.15, 0.2) is 18.2 Å². The number of halogens is 1. The first-order chi connectivity index (χ1) is 9.88. The molecule has 1 heterocycles. The fraction of sp³-hybridized carbons (Fsp3) is 0.588. The Kier molecular flexibility index (Phi) is 3.76. The number of rotatable bonds is 2. The van der Waals surface area contributed by atoms with E-state index in [0.29, 0.717) is 22.7 Å². The number of carbonyl (C=O) groups is 1. The third-order valence-corrected chi connectivity index (χ3v) is 6.30. The average Bonchev–Trinajstić information content (AvgIpc) is 2.78. The van der Waals surface area contributed by atoms with Gasteiger partial charge in [-0.1, -0.05) is 48.3 Å². The van der Waals surface area contributed by atoms with Crippen LogP contribution in [0.25, 0.3) is 0 Å². The van der Waals surface area contributed by atoms with Crippen LogP contribution in [0.3, 0.4) is 0 Å². The van der Waals surface area contributed by atoms with Gasteiger partial charge in [0.15, 0.2) is 0 Å². The number of hydrogen-bond donors (Lipinski definition) is 1. The lowest BCUT2D eigenvalue weighted by molar-refractivity contribution is 0.218. The number of fused-ring (bicyclic) bond motifs is 1. The van der Waals surface area contributed by atoms with Gasteiger partial charge in [0, 0.05) is 24.1 Å². The summed E-state index contributed by atoms with van der Waals surface area (Å²) in [6.45, 7) is 5.44. The lowest BCUT2D eigenvalue weighted by Crippen LogP contribution is -2.35. The molecule has 3 rings (SSSR count). The maximum absolute atomic E-state index is 11.7. The molecule has 0 spiro atoms. The minimum absolute atomic E-state index is 0.0254. The fourth-order valence-corrected chi connectivity index (χ4v) is 4.97. The van der Waals surface area contributed by atoms with Crippen LogP contribution in [-0.2, 0) is 6.54 Å². The molecule has 1 aliphatic heterocycles. The van der Waals surface area contributed by atoms with Crippen molar-refractivity contribution in [2.45, 2.75) is 44.5 Å². The molecule has 1 fully saturated rings. The van der Waals surface area contributed by atoms with Gasteiger partial charge in [-0.3, -0.25) is 0 Å². The molecule has 2 aliphatic rings. The first-order valence-electron chi connectivity index (χ1n) is 7.67. The second kappa shape index (κ2) is 5.31. The molecule has 0 saturated heterocycles. The number of carbonyl (C=O) groups excluding carboxylic acids is 1. The largest absolute Gasteiger partial charge is 0.323 e. The standard InChI is InChI=1S/C17H23BrN2O/c1-17(2)8-4-5-13(17)15(18)11-6-7-14-12(9-11)10-20(3)16(21)19-14/h6-7,9,13,15H,4-5,8,10H2,1-3H3,(H,19,21). The number of anilines is 1. The quantitative estimate of drug-likeness (QED) is 0.753. The molecule has 21 heavy (non-hydrogen) atoms. The summed E-state index contributed by atoms with van der Waals surface area (Å²) in [4.78, 5) is 13.8. The summed E-state index contributed by atoms with van der Waals surface area (Å²) < 4.78 is 0. The van der Waals surface area contributed by atoms with Crippen molar-refractivity contribution in [3.8, 4) is 0 Å². The van der Waals surface area contributed by atoms with Crippen molar-refractivity contribution in [2.24, 2.45) is 11.3 Å². The van der Waals surface area contributed by atoms with Gasteiger partial charge >= 0.3 is 6.03 Å². The molecule has 1 saturated carbocycles. The molecule has 0 bridgehead atoms. The van der Waals surface area contributed by atoms with Crippen LogP contribution >= 0.6 is 15.9 Å². The number of nitrogens with zero attached hydrogens (tertiary/aromatic N) is 1. The predicted octanol–water partition coefficient (Wildman–Crippen LogP) is 4.93. The Labute approximate surface area is 135 Å². The molecule has 2 unspecified atom stereocenters. The molecule has 1 N–H and O–H groups in total. The minimum Gasteiger partial charge on any atom is -0.323 e. The summed E-state index contributed by atoms with van der Waals surface area (Å²) in [5.74, 6) is 0.673. The summed E-state index contributed by atoms with van der Waals surface area (Å²) >= 11 is 3.94. The van der Waals surface area contributed by atoms with Gasteiger partial charge in [-0.25, -0.2) is 4.79 Å². The summed E-state index contributed by atoms with van der Waals surface area (Å²) in [7, 11) is 1.83. The molecule has 4 heteroatoms. The molecule has 114 valence electrons. The summed E-state index contributed by atoms with van der Waals surface area (Å²) in [5.41, 5.74) is 3.88. The maximum atomic E-state index is 11.7. The van der Waals surface area contributed by atoms with Gasteiger partial charge in [0.25, 0.3) is 0 Å². The Balaban J connectivity index is 1.87. The number of hydrogen-bond acceptors (Lipinski definition) is 1. The van der Waals surface area contributed by atoms with Crippen molar-refractivity contribution in [2.75, 3.05) is 12.4 Å². The van der Waals surface area contributed by atoms with Crippen LogP contribution < -0.4 is 5.32 Å². The van der Waals surface area contributed by atoms with Crippen molar-refractivity contribution in [1.82, 2.24) is 4.90 Å². The highest BCUT2D eigenvalue weighted by molar-refractivity contribution is 9.09. The van der Waals surface area contributed by atoms with E-state index in [1.165, 1.54) is 30.4 Å². The Morgan fingerprint density at radius 2 is 2.19 bits per heavy atom. The molecule has 0 aromatic heterocycles. The monoisotopic (exact) mass is 350 g/mol. The van der Waals surface area contributed by atoms with E-state index >= 15 is 0 Å². The third-order valence-electron chi connectivity index (χ3n) is 5.14. The number of benzene rings is 1.